The summed E-state index contributed by atoms with van der Waals surface area (Å²) in [4.78, 5) is 22.5. The summed E-state index contributed by atoms with van der Waals surface area (Å²) in [6.07, 6.45) is 7.20. The van der Waals surface area contributed by atoms with Gasteiger partial charge >= 0.3 is 0 Å². The SMILES string of the molecule is Clc1nc(Cl)c2nc(N3CCCCC3)nc(N3CCCCC3)c2n1. The normalized spacial score (nSPS) is 19.1. The Labute approximate surface area is 151 Å². The molecule has 0 spiro atoms. The first kappa shape index (κ1) is 16.1. The highest BCUT2D eigenvalue weighted by Crippen LogP contribution is 2.31. The van der Waals surface area contributed by atoms with E-state index in [9.17, 15) is 0 Å². The van der Waals surface area contributed by atoms with E-state index in [0.29, 0.717) is 16.2 Å². The Morgan fingerprint density at radius 1 is 0.625 bits per heavy atom. The highest BCUT2D eigenvalue weighted by Gasteiger charge is 2.23. The van der Waals surface area contributed by atoms with Crippen LogP contribution in [0.2, 0.25) is 10.4 Å². The predicted octanol–water partition coefficient (Wildman–Crippen LogP) is 3.71. The molecular weight excluding hydrogens is 347 g/mol. The molecule has 0 N–H and O–H groups in total. The summed E-state index contributed by atoms with van der Waals surface area (Å²) in [7, 11) is 0. The van der Waals surface area contributed by atoms with Gasteiger partial charge in [-0.05, 0) is 50.1 Å². The van der Waals surface area contributed by atoms with E-state index in [-0.39, 0.29) is 5.28 Å². The van der Waals surface area contributed by atoms with Gasteiger partial charge in [0.1, 0.15) is 11.0 Å². The van der Waals surface area contributed by atoms with E-state index in [1.165, 1.54) is 25.7 Å². The van der Waals surface area contributed by atoms with Gasteiger partial charge in [-0.1, -0.05) is 11.6 Å². The molecule has 24 heavy (non-hydrogen) atoms. The van der Waals surface area contributed by atoms with Crippen molar-refractivity contribution in [1.29, 1.82) is 0 Å². The van der Waals surface area contributed by atoms with Crippen LogP contribution in [0.25, 0.3) is 11.0 Å². The Morgan fingerprint density at radius 2 is 1.25 bits per heavy atom. The molecule has 128 valence electrons. The van der Waals surface area contributed by atoms with E-state index >= 15 is 0 Å². The number of nitrogens with zero attached hydrogens (tertiary/aromatic N) is 6. The van der Waals surface area contributed by atoms with Gasteiger partial charge in [0.05, 0.1) is 0 Å². The molecule has 0 saturated carbocycles. The molecule has 2 saturated heterocycles. The van der Waals surface area contributed by atoms with Crippen LogP contribution in [0.5, 0.6) is 0 Å². The van der Waals surface area contributed by atoms with Crippen molar-refractivity contribution in [3.63, 3.8) is 0 Å². The van der Waals surface area contributed by atoms with E-state index in [4.69, 9.17) is 28.2 Å². The molecule has 0 bridgehead atoms. The van der Waals surface area contributed by atoms with E-state index in [0.717, 1.165) is 50.8 Å². The Balaban J connectivity index is 1.85. The third kappa shape index (κ3) is 3.09. The van der Waals surface area contributed by atoms with Crippen molar-refractivity contribution in [3.05, 3.63) is 10.4 Å². The Hall–Kier alpha value is -1.40. The molecule has 2 aliphatic rings. The van der Waals surface area contributed by atoms with Crippen LogP contribution in [0.15, 0.2) is 0 Å². The molecule has 2 fully saturated rings. The monoisotopic (exact) mass is 366 g/mol. The fourth-order valence-electron chi connectivity index (χ4n) is 3.49. The van der Waals surface area contributed by atoms with Crippen LogP contribution in [-0.2, 0) is 0 Å². The highest BCUT2D eigenvalue weighted by atomic mass is 35.5. The molecule has 0 atom stereocenters. The van der Waals surface area contributed by atoms with Gasteiger partial charge in [-0.2, -0.15) is 4.98 Å². The first-order valence-electron chi connectivity index (χ1n) is 8.63. The molecule has 2 aliphatic heterocycles. The lowest BCUT2D eigenvalue weighted by atomic mass is 10.1. The molecule has 0 aromatic carbocycles. The fraction of sp³-hybridized carbons (Fsp3) is 0.625. The zero-order chi connectivity index (χ0) is 16.5. The van der Waals surface area contributed by atoms with Gasteiger partial charge in [0.2, 0.25) is 11.2 Å². The molecule has 0 aliphatic carbocycles. The molecule has 2 aromatic rings. The summed E-state index contributed by atoms with van der Waals surface area (Å²) < 4.78 is 0. The Kier molecular flexibility index (Phi) is 4.59. The van der Waals surface area contributed by atoms with Gasteiger partial charge < -0.3 is 9.80 Å². The number of hydrogen-bond donors (Lipinski definition) is 0. The quantitative estimate of drug-likeness (QED) is 0.596. The van der Waals surface area contributed by atoms with Gasteiger partial charge in [-0.15, -0.1) is 0 Å². The van der Waals surface area contributed by atoms with Crippen molar-refractivity contribution in [1.82, 2.24) is 19.9 Å². The number of fused-ring (bicyclic) bond motifs is 1. The maximum absolute atomic E-state index is 6.32. The van der Waals surface area contributed by atoms with Crippen molar-refractivity contribution in [2.24, 2.45) is 0 Å². The maximum Gasteiger partial charge on any atom is 0.228 e. The fourth-order valence-corrected chi connectivity index (χ4v) is 3.92. The standard InChI is InChI=1S/C16H20Cl2N6/c17-13-11-12(19-15(18)21-13)14(23-7-3-1-4-8-23)22-16(20-11)24-9-5-2-6-10-24/h1-10H2. The smallest absolute Gasteiger partial charge is 0.228 e. The molecule has 0 radical (unpaired) electrons. The predicted molar refractivity (Wildman–Crippen MR) is 97.3 cm³/mol. The zero-order valence-corrected chi connectivity index (χ0v) is 15.0. The Morgan fingerprint density at radius 3 is 1.92 bits per heavy atom. The van der Waals surface area contributed by atoms with Gasteiger partial charge in [0.15, 0.2) is 11.0 Å². The summed E-state index contributed by atoms with van der Waals surface area (Å²) in [6.45, 7) is 3.92. The van der Waals surface area contributed by atoms with Crippen molar-refractivity contribution >= 4 is 46.0 Å². The highest BCUT2D eigenvalue weighted by molar-refractivity contribution is 6.35. The van der Waals surface area contributed by atoms with Crippen LogP contribution in [0.4, 0.5) is 11.8 Å². The number of rotatable bonds is 2. The van der Waals surface area contributed by atoms with Gasteiger partial charge in [-0.25, -0.2) is 15.0 Å². The first-order chi connectivity index (χ1) is 11.7. The summed E-state index contributed by atoms with van der Waals surface area (Å²) in [5, 5.41) is 0.434. The number of anilines is 2. The second-order valence-electron chi connectivity index (χ2n) is 6.42. The summed E-state index contributed by atoms with van der Waals surface area (Å²) >= 11 is 12.4. The lowest BCUT2D eigenvalue weighted by Gasteiger charge is -2.31. The molecule has 0 unspecified atom stereocenters. The summed E-state index contributed by atoms with van der Waals surface area (Å²) in [5.41, 5.74) is 1.25. The average molecular weight is 367 g/mol. The number of piperidine rings is 2. The lowest BCUT2D eigenvalue weighted by Crippen LogP contribution is -2.34. The van der Waals surface area contributed by atoms with Crippen molar-refractivity contribution in [3.8, 4) is 0 Å². The molecule has 4 rings (SSSR count). The van der Waals surface area contributed by atoms with Crippen LogP contribution >= 0.6 is 23.2 Å². The van der Waals surface area contributed by atoms with Crippen molar-refractivity contribution in [2.45, 2.75) is 38.5 Å². The minimum Gasteiger partial charge on any atom is -0.355 e. The second-order valence-corrected chi connectivity index (χ2v) is 7.12. The van der Waals surface area contributed by atoms with Crippen LogP contribution in [0, 0.1) is 0 Å². The van der Waals surface area contributed by atoms with Crippen LogP contribution < -0.4 is 9.80 Å². The van der Waals surface area contributed by atoms with E-state index < -0.39 is 0 Å². The largest absolute Gasteiger partial charge is 0.355 e. The van der Waals surface area contributed by atoms with Gasteiger partial charge in [0, 0.05) is 26.2 Å². The average Bonchev–Trinajstić information content (AvgIpc) is 2.62. The van der Waals surface area contributed by atoms with Gasteiger partial charge in [0.25, 0.3) is 0 Å². The molecule has 4 heterocycles. The maximum atomic E-state index is 6.32. The minimum atomic E-state index is 0.139. The number of hydrogen-bond acceptors (Lipinski definition) is 6. The van der Waals surface area contributed by atoms with E-state index in [1.807, 2.05) is 0 Å². The van der Waals surface area contributed by atoms with E-state index in [2.05, 4.69) is 24.8 Å². The molecular formula is C16H20Cl2N6. The topological polar surface area (TPSA) is 58.0 Å². The third-order valence-corrected chi connectivity index (χ3v) is 5.17. The number of halogens is 2. The van der Waals surface area contributed by atoms with Crippen LogP contribution in [0.1, 0.15) is 38.5 Å². The summed E-state index contributed by atoms with van der Waals surface area (Å²) in [6, 6.07) is 0. The molecule has 6 nitrogen and oxygen atoms in total. The van der Waals surface area contributed by atoms with Crippen LogP contribution in [-0.4, -0.2) is 46.1 Å². The van der Waals surface area contributed by atoms with Gasteiger partial charge in [-0.3, -0.25) is 0 Å². The first-order valence-corrected chi connectivity index (χ1v) is 9.38. The molecule has 8 heteroatoms. The van der Waals surface area contributed by atoms with Crippen molar-refractivity contribution < 1.29 is 0 Å². The minimum absolute atomic E-state index is 0.139. The zero-order valence-electron chi connectivity index (χ0n) is 13.5. The van der Waals surface area contributed by atoms with E-state index in [1.54, 1.807) is 0 Å². The number of aromatic nitrogens is 4. The Bertz CT molecular complexity index is 741. The third-order valence-electron chi connectivity index (χ3n) is 4.74. The summed E-state index contributed by atoms with van der Waals surface area (Å²) in [5.74, 6) is 1.57. The van der Waals surface area contributed by atoms with Crippen LogP contribution in [0.3, 0.4) is 0 Å². The molecule has 0 amide bonds. The second kappa shape index (κ2) is 6.84. The van der Waals surface area contributed by atoms with Crippen molar-refractivity contribution in [2.75, 3.05) is 36.0 Å². The lowest BCUT2D eigenvalue weighted by molar-refractivity contribution is 0.562. The molecule has 2 aromatic heterocycles.